The van der Waals surface area contributed by atoms with Crippen LogP contribution in [0.2, 0.25) is 0 Å². The van der Waals surface area contributed by atoms with Crippen LogP contribution in [0.4, 0.5) is 0 Å². The third-order valence-corrected chi connectivity index (χ3v) is 5.79. The van der Waals surface area contributed by atoms with E-state index in [9.17, 15) is 0 Å². The van der Waals surface area contributed by atoms with Crippen LogP contribution >= 0.6 is 24.0 Å². The molecule has 3 rings (SSSR count). The Morgan fingerprint density at radius 2 is 1.84 bits per heavy atom. The van der Waals surface area contributed by atoms with Crippen molar-refractivity contribution in [1.29, 1.82) is 0 Å². The number of nitrogens with one attached hydrogen (secondary N) is 2. The first-order chi connectivity index (χ1) is 14.8. The molecule has 31 heavy (non-hydrogen) atoms. The fourth-order valence-electron chi connectivity index (χ4n) is 4.16. The minimum absolute atomic E-state index is 0. The van der Waals surface area contributed by atoms with Crippen LogP contribution in [0.1, 0.15) is 44.6 Å². The van der Waals surface area contributed by atoms with Crippen molar-refractivity contribution in [1.82, 2.24) is 10.6 Å². The Kier molecular flexibility index (Phi) is 11.7. The largest absolute Gasteiger partial charge is 0.486 e. The van der Waals surface area contributed by atoms with Crippen molar-refractivity contribution in [3.8, 4) is 11.5 Å². The van der Waals surface area contributed by atoms with Crippen molar-refractivity contribution >= 4 is 29.9 Å². The molecule has 0 bridgehead atoms. The third-order valence-electron chi connectivity index (χ3n) is 5.79. The molecule has 8 heteroatoms. The molecule has 0 spiro atoms. The minimum atomic E-state index is 0. The summed E-state index contributed by atoms with van der Waals surface area (Å²) in [5.41, 5.74) is 1.39. The van der Waals surface area contributed by atoms with Crippen LogP contribution in [0.3, 0.4) is 0 Å². The van der Waals surface area contributed by atoms with Crippen molar-refractivity contribution in [2.75, 3.05) is 59.8 Å². The molecule has 1 heterocycles. The van der Waals surface area contributed by atoms with E-state index in [1.165, 1.54) is 18.4 Å². The Morgan fingerprint density at radius 3 is 2.58 bits per heavy atom. The molecule has 1 aromatic carbocycles. The van der Waals surface area contributed by atoms with Gasteiger partial charge in [0.25, 0.3) is 0 Å². The van der Waals surface area contributed by atoms with Gasteiger partial charge in [-0.05, 0) is 43.9 Å². The third kappa shape index (κ3) is 7.68. The average Bonchev–Trinajstić information content (AvgIpc) is 3.26. The molecule has 176 valence electrons. The van der Waals surface area contributed by atoms with Gasteiger partial charge in [-0.25, -0.2) is 0 Å². The summed E-state index contributed by atoms with van der Waals surface area (Å²) in [6, 6.07) is 6.43. The van der Waals surface area contributed by atoms with Gasteiger partial charge in [0, 0.05) is 32.2 Å². The van der Waals surface area contributed by atoms with E-state index in [0.717, 1.165) is 63.0 Å². The van der Waals surface area contributed by atoms with Crippen molar-refractivity contribution < 1.29 is 18.9 Å². The Morgan fingerprint density at radius 1 is 1.06 bits per heavy atom. The molecule has 1 fully saturated rings. The lowest BCUT2D eigenvalue weighted by Gasteiger charge is -2.30. The lowest BCUT2D eigenvalue weighted by atomic mass is 9.79. The average molecular weight is 547 g/mol. The van der Waals surface area contributed by atoms with Crippen LogP contribution in [-0.2, 0) is 14.9 Å². The first kappa shape index (κ1) is 26.0. The number of nitrogens with zero attached hydrogens (tertiary/aromatic N) is 1. The normalized spacial score (nSPS) is 17.2. The highest BCUT2D eigenvalue weighted by Crippen LogP contribution is 2.44. The second-order valence-electron chi connectivity index (χ2n) is 7.93. The smallest absolute Gasteiger partial charge is 0.191 e. The molecular weight excluding hydrogens is 509 g/mol. The predicted octanol–water partition coefficient (Wildman–Crippen LogP) is 3.50. The second kappa shape index (κ2) is 14.0. The molecule has 0 atom stereocenters. The van der Waals surface area contributed by atoms with Gasteiger partial charge in [-0.2, -0.15) is 0 Å². The van der Waals surface area contributed by atoms with E-state index < -0.39 is 0 Å². The van der Waals surface area contributed by atoms with Crippen LogP contribution in [0, 0.1) is 0 Å². The van der Waals surface area contributed by atoms with Gasteiger partial charge in [-0.15, -0.1) is 24.0 Å². The van der Waals surface area contributed by atoms with Crippen LogP contribution in [0.25, 0.3) is 0 Å². The maximum Gasteiger partial charge on any atom is 0.191 e. The van der Waals surface area contributed by atoms with Gasteiger partial charge < -0.3 is 29.6 Å². The summed E-state index contributed by atoms with van der Waals surface area (Å²) < 4.78 is 22.0. The van der Waals surface area contributed by atoms with Crippen LogP contribution in [0.5, 0.6) is 11.5 Å². The molecule has 1 saturated carbocycles. The van der Waals surface area contributed by atoms with Crippen molar-refractivity contribution in [2.24, 2.45) is 4.99 Å². The van der Waals surface area contributed by atoms with Gasteiger partial charge in [0.1, 0.15) is 13.2 Å². The first-order valence-corrected chi connectivity index (χ1v) is 11.3. The number of ether oxygens (including phenoxy) is 4. The van der Waals surface area contributed by atoms with Crippen molar-refractivity contribution in [3.05, 3.63) is 23.8 Å². The Balaban J connectivity index is 0.00000341. The molecule has 1 aliphatic carbocycles. The zero-order valence-electron chi connectivity index (χ0n) is 18.9. The highest BCUT2D eigenvalue weighted by Gasteiger charge is 2.36. The van der Waals surface area contributed by atoms with Crippen molar-refractivity contribution in [2.45, 2.75) is 44.4 Å². The van der Waals surface area contributed by atoms with Crippen molar-refractivity contribution in [3.63, 3.8) is 0 Å². The topological polar surface area (TPSA) is 73.3 Å². The van der Waals surface area contributed by atoms with Gasteiger partial charge in [0.15, 0.2) is 17.5 Å². The molecule has 0 amide bonds. The molecule has 0 radical (unpaired) electrons. The fraction of sp³-hybridized carbons (Fsp3) is 0.696. The zero-order chi connectivity index (χ0) is 21.1. The first-order valence-electron chi connectivity index (χ1n) is 11.3. The molecule has 0 saturated heterocycles. The van der Waals surface area contributed by atoms with Crippen LogP contribution in [0.15, 0.2) is 23.2 Å². The number of fused-ring (bicyclic) bond motifs is 1. The van der Waals surface area contributed by atoms with E-state index in [0.29, 0.717) is 26.4 Å². The highest BCUT2D eigenvalue weighted by molar-refractivity contribution is 14.0. The monoisotopic (exact) mass is 547 g/mol. The van der Waals surface area contributed by atoms with E-state index in [1.54, 1.807) is 7.11 Å². The number of hydrogen-bond donors (Lipinski definition) is 2. The summed E-state index contributed by atoms with van der Waals surface area (Å²) in [5.74, 6) is 2.59. The molecule has 7 nitrogen and oxygen atoms in total. The summed E-state index contributed by atoms with van der Waals surface area (Å²) in [6.45, 7) is 7.77. The fourth-order valence-corrected chi connectivity index (χ4v) is 4.16. The lowest BCUT2D eigenvalue weighted by Crippen LogP contribution is -2.39. The Labute approximate surface area is 203 Å². The lowest BCUT2D eigenvalue weighted by molar-refractivity contribution is 0.0698. The van der Waals surface area contributed by atoms with Crippen LogP contribution < -0.4 is 20.1 Å². The van der Waals surface area contributed by atoms with E-state index in [-0.39, 0.29) is 29.4 Å². The molecule has 0 aromatic heterocycles. The predicted molar refractivity (Wildman–Crippen MR) is 134 cm³/mol. The second-order valence-corrected chi connectivity index (χ2v) is 7.93. The molecule has 1 aliphatic heterocycles. The molecule has 2 aliphatic rings. The summed E-state index contributed by atoms with van der Waals surface area (Å²) in [5, 5.41) is 6.81. The number of aliphatic imine (C=N–C) groups is 1. The molecule has 1 aromatic rings. The summed E-state index contributed by atoms with van der Waals surface area (Å²) in [4.78, 5) is 4.96. The molecule has 0 unspecified atom stereocenters. The van der Waals surface area contributed by atoms with E-state index in [2.05, 4.69) is 35.8 Å². The Hall–Kier alpha value is -1.26. The standard InChI is InChI=1S/C23H37N3O4.HI/c1-3-24-22(25-11-6-12-28-14-13-27-2)26-18-23(9-4-5-10-23)19-7-8-20-21(17-19)30-16-15-29-20;/h7-8,17H,3-6,9-16,18H2,1-2H3,(H2,24,25,26);1H. The maximum absolute atomic E-state index is 5.83. The SMILES string of the molecule is CCNC(=NCC1(c2ccc3c(c2)OCCO3)CCCC1)NCCCOCCOC.I. The summed E-state index contributed by atoms with van der Waals surface area (Å²) in [7, 11) is 1.69. The van der Waals surface area contributed by atoms with E-state index in [1.807, 2.05) is 0 Å². The van der Waals surface area contributed by atoms with Crippen LogP contribution in [-0.4, -0.2) is 65.7 Å². The van der Waals surface area contributed by atoms with Gasteiger partial charge >= 0.3 is 0 Å². The van der Waals surface area contributed by atoms with E-state index >= 15 is 0 Å². The maximum atomic E-state index is 5.83. The number of methoxy groups -OCH3 is 1. The van der Waals surface area contributed by atoms with Gasteiger partial charge in [0.2, 0.25) is 0 Å². The number of rotatable bonds is 11. The summed E-state index contributed by atoms with van der Waals surface area (Å²) in [6.07, 6.45) is 5.73. The number of guanidine groups is 1. The number of hydrogen-bond acceptors (Lipinski definition) is 5. The Bertz CT molecular complexity index is 681. The number of halogens is 1. The van der Waals surface area contributed by atoms with Gasteiger partial charge in [-0.1, -0.05) is 18.9 Å². The number of benzene rings is 1. The van der Waals surface area contributed by atoms with E-state index in [4.69, 9.17) is 23.9 Å². The molecular formula is C23H38IN3O4. The van der Waals surface area contributed by atoms with Gasteiger partial charge in [-0.3, -0.25) is 4.99 Å². The zero-order valence-corrected chi connectivity index (χ0v) is 21.2. The molecule has 2 N–H and O–H groups in total. The quantitative estimate of drug-likeness (QED) is 0.191. The van der Waals surface area contributed by atoms with Gasteiger partial charge in [0.05, 0.1) is 19.8 Å². The minimum Gasteiger partial charge on any atom is -0.486 e. The summed E-state index contributed by atoms with van der Waals surface area (Å²) >= 11 is 0. The highest BCUT2D eigenvalue weighted by atomic mass is 127.